The Labute approximate surface area is 170 Å². The highest BCUT2D eigenvalue weighted by atomic mass is 35.5. The maximum absolute atomic E-state index is 12.9. The van der Waals surface area contributed by atoms with E-state index in [-0.39, 0.29) is 5.56 Å². The summed E-state index contributed by atoms with van der Waals surface area (Å²) in [6, 6.07) is 9.77. The van der Waals surface area contributed by atoms with Gasteiger partial charge in [0.25, 0.3) is 5.56 Å². The Bertz CT molecular complexity index is 1060. The van der Waals surface area contributed by atoms with E-state index in [4.69, 9.17) is 16.6 Å². The van der Waals surface area contributed by atoms with E-state index >= 15 is 0 Å². The molecule has 146 valence electrons. The number of anilines is 1. The van der Waals surface area contributed by atoms with E-state index in [0.717, 1.165) is 17.5 Å². The smallest absolute Gasteiger partial charge is 0.259 e. The van der Waals surface area contributed by atoms with Crippen LogP contribution in [-0.2, 0) is 7.05 Å². The summed E-state index contributed by atoms with van der Waals surface area (Å²) in [6.07, 6.45) is 8.10. The van der Waals surface area contributed by atoms with Crippen molar-refractivity contribution >= 4 is 28.6 Å². The second-order valence-electron chi connectivity index (χ2n) is 7.51. The number of hydrogen-bond donors (Lipinski definition) is 0. The summed E-state index contributed by atoms with van der Waals surface area (Å²) in [5.74, 6) is 0.716. The maximum atomic E-state index is 12.9. The molecule has 0 radical (unpaired) electrons. The maximum Gasteiger partial charge on any atom is 0.259 e. The molecule has 0 saturated carbocycles. The third kappa shape index (κ3) is 3.63. The average molecular weight is 397 g/mol. The Morgan fingerprint density at radius 3 is 2.79 bits per heavy atom. The van der Waals surface area contributed by atoms with Gasteiger partial charge in [0, 0.05) is 47.4 Å². The SMILES string of the molecule is CCCCCCC1CN1c1ncc2cc(-c3ccccc3Cl)c(=O)n(C)c2n1. The lowest BCUT2D eigenvalue weighted by molar-refractivity contribution is 0.631. The van der Waals surface area contributed by atoms with Gasteiger partial charge in [0.2, 0.25) is 5.95 Å². The number of unbranched alkanes of at least 4 members (excludes halogenated alkanes) is 3. The Morgan fingerprint density at radius 1 is 1.18 bits per heavy atom. The van der Waals surface area contributed by atoms with Crippen molar-refractivity contribution in [3.05, 3.63) is 51.9 Å². The minimum Gasteiger partial charge on any atom is -0.334 e. The highest BCUT2D eigenvalue weighted by Crippen LogP contribution is 2.30. The van der Waals surface area contributed by atoms with Crippen LogP contribution in [0.2, 0.25) is 5.02 Å². The van der Waals surface area contributed by atoms with Crippen LogP contribution < -0.4 is 10.5 Å². The van der Waals surface area contributed by atoms with Gasteiger partial charge < -0.3 is 4.90 Å². The van der Waals surface area contributed by atoms with Gasteiger partial charge in [-0.15, -0.1) is 0 Å². The van der Waals surface area contributed by atoms with Gasteiger partial charge in [0.1, 0.15) is 5.65 Å². The molecular formula is C22H25ClN4O. The van der Waals surface area contributed by atoms with Crippen LogP contribution in [0.3, 0.4) is 0 Å². The van der Waals surface area contributed by atoms with E-state index < -0.39 is 0 Å². The van der Waals surface area contributed by atoms with Crippen molar-refractivity contribution in [2.45, 2.75) is 45.1 Å². The van der Waals surface area contributed by atoms with Crippen molar-refractivity contribution in [2.24, 2.45) is 7.05 Å². The number of nitrogens with zero attached hydrogens (tertiary/aromatic N) is 4. The quantitative estimate of drug-likeness (QED) is 0.425. The van der Waals surface area contributed by atoms with Gasteiger partial charge in [0.15, 0.2) is 0 Å². The fourth-order valence-corrected chi connectivity index (χ4v) is 3.96. The van der Waals surface area contributed by atoms with E-state index in [1.807, 2.05) is 30.5 Å². The molecule has 0 amide bonds. The number of pyridine rings is 1. The van der Waals surface area contributed by atoms with E-state index in [1.54, 1.807) is 17.7 Å². The van der Waals surface area contributed by atoms with Crippen LogP contribution in [0.5, 0.6) is 0 Å². The van der Waals surface area contributed by atoms with Crippen molar-refractivity contribution in [3.63, 3.8) is 0 Å². The first kappa shape index (κ1) is 18.9. The number of halogens is 1. The molecule has 4 rings (SSSR count). The van der Waals surface area contributed by atoms with Crippen LogP contribution in [0.4, 0.5) is 5.95 Å². The summed E-state index contributed by atoms with van der Waals surface area (Å²) in [6.45, 7) is 3.23. The summed E-state index contributed by atoms with van der Waals surface area (Å²) in [5, 5.41) is 1.40. The largest absolute Gasteiger partial charge is 0.334 e. The lowest BCUT2D eigenvalue weighted by Crippen LogP contribution is -2.20. The third-order valence-electron chi connectivity index (χ3n) is 5.46. The van der Waals surface area contributed by atoms with Crippen LogP contribution in [0.25, 0.3) is 22.2 Å². The second kappa shape index (κ2) is 7.92. The predicted octanol–water partition coefficient (Wildman–Crippen LogP) is 4.81. The van der Waals surface area contributed by atoms with Crippen molar-refractivity contribution in [1.29, 1.82) is 0 Å². The lowest BCUT2D eigenvalue weighted by Gasteiger charge is -2.11. The number of aryl methyl sites for hydroxylation is 1. The number of fused-ring (bicyclic) bond motifs is 1. The van der Waals surface area contributed by atoms with Crippen molar-refractivity contribution in [2.75, 3.05) is 11.4 Å². The molecule has 3 aromatic rings. The Kier molecular flexibility index (Phi) is 5.36. The molecule has 1 aromatic carbocycles. The van der Waals surface area contributed by atoms with Gasteiger partial charge in [-0.3, -0.25) is 9.36 Å². The Morgan fingerprint density at radius 2 is 2.00 bits per heavy atom. The van der Waals surface area contributed by atoms with Gasteiger partial charge >= 0.3 is 0 Å². The number of hydrogen-bond acceptors (Lipinski definition) is 4. The van der Waals surface area contributed by atoms with E-state index in [2.05, 4.69) is 16.8 Å². The summed E-state index contributed by atoms with van der Waals surface area (Å²) in [5.41, 5.74) is 1.85. The molecule has 1 atom stereocenters. The van der Waals surface area contributed by atoms with Crippen molar-refractivity contribution in [1.82, 2.24) is 14.5 Å². The number of benzene rings is 1. The van der Waals surface area contributed by atoms with Gasteiger partial charge in [-0.1, -0.05) is 62.4 Å². The fraction of sp³-hybridized carbons (Fsp3) is 0.409. The first-order chi connectivity index (χ1) is 13.6. The summed E-state index contributed by atoms with van der Waals surface area (Å²) in [7, 11) is 1.76. The van der Waals surface area contributed by atoms with Crippen molar-refractivity contribution < 1.29 is 0 Å². The van der Waals surface area contributed by atoms with Crippen LogP contribution in [-0.4, -0.2) is 27.1 Å². The molecule has 3 heterocycles. The number of aromatic nitrogens is 3. The Hall–Kier alpha value is -2.40. The van der Waals surface area contributed by atoms with E-state index in [1.165, 1.54) is 32.1 Å². The molecule has 0 bridgehead atoms. The van der Waals surface area contributed by atoms with Crippen LogP contribution in [0, 0.1) is 0 Å². The first-order valence-corrected chi connectivity index (χ1v) is 10.4. The average Bonchev–Trinajstić information content (AvgIpc) is 3.48. The molecule has 0 aliphatic carbocycles. The zero-order valence-electron chi connectivity index (χ0n) is 16.4. The zero-order chi connectivity index (χ0) is 19.7. The van der Waals surface area contributed by atoms with Gasteiger partial charge in [-0.25, -0.2) is 4.98 Å². The van der Waals surface area contributed by atoms with Gasteiger partial charge in [0.05, 0.1) is 0 Å². The molecule has 1 fully saturated rings. The highest BCUT2D eigenvalue weighted by molar-refractivity contribution is 6.33. The monoisotopic (exact) mass is 396 g/mol. The van der Waals surface area contributed by atoms with Crippen LogP contribution in [0.15, 0.2) is 41.3 Å². The van der Waals surface area contributed by atoms with Crippen LogP contribution in [0.1, 0.15) is 39.0 Å². The lowest BCUT2D eigenvalue weighted by atomic mass is 10.1. The molecule has 5 nitrogen and oxygen atoms in total. The topological polar surface area (TPSA) is 50.8 Å². The molecule has 0 N–H and O–H groups in total. The molecule has 6 heteroatoms. The normalized spacial score (nSPS) is 16.0. The molecule has 2 aromatic heterocycles. The molecule has 0 spiro atoms. The first-order valence-electron chi connectivity index (χ1n) is 9.98. The second-order valence-corrected chi connectivity index (χ2v) is 7.91. The minimum absolute atomic E-state index is 0.104. The Balaban J connectivity index is 1.62. The predicted molar refractivity (Wildman–Crippen MR) is 115 cm³/mol. The summed E-state index contributed by atoms with van der Waals surface area (Å²) < 4.78 is 1.60. The zero-order valence-corrected chi connectivity index (χ0v) is 17.1. The summed E-state index contributed by atoms with van der Waals surface area (Å²) in [4.78, 5) is 24.4. The van der Waals surface area contributed by atoms with E-state index in [9.17, 15) is 4.79 Å². The molecule has 1 unspecified atom stereocenters. The minimum atomic E-state index is -0.104. The molecule has 28 heavy (non-hydrogen) atoms. The van der Waals surface area contributed by atoms with E-state index in [0.29, 0.717) is 28.2 Å². The standard InChI is InChI=1S/C22H25ClN4O/c1-3-4-5-6-9-16-14-27(16)22-24-13-15-12-18(17-10-7-8-11-19(17)23)21(28)26(2)20(15)25-22/h7-8,10-13,16H,3-6,9,14H2,1-2H3. The fourth-order valence-electron chi connectivity index (χ4n) is 3.73. The molecule has 1 saturated heterocycles. The highest BCUT2D eigenvalue weighted by Gasteiger charge is 2.35. The van der Waals surface area contributed by atoms with Gasteiger partial charge in [-0.05, 0) is 18.6 Å². The molecule has 1 aliphatic heterocycles. The molecular weight excluding hydrogens is 372 g/mol. The number of rotatable bonds is 7. The summed E-state index contributed by atoms with van der Waals surface area (Å²) >= 11 is 6.30. The van der Waals surface area contributed by atoms with Gasteiger partial charge in [-0.2, -0.15) is 4.98 Å². The molecule has 1 aliphatic rings. The van der Waals surface area contributed by atoms with Crippen molar-refractivity contribution in [3.8, 4) is 11.1 Å². The van der Waals surface area contributed by atoms with Crippen LogP contribution >= 0.6 is 11.6 Å². The third-order valence-corrected chi connectivity index (χ3v) is 5.79.